The highest BCUT2D eigenvalue weighted by atomic mass is 32.1. The zero-order chi connectivity index (χ0) is 9.68. The number of nitrogens with zero attached hydrogens (tertiary/aromatic N) is 1. The topological polar surface area (TPSA) is 34.1 Å². The van der Waals surface area contributed by atoms with Gasteiger partial charge < -0.3 is 10.1 Å². The second kappa shape index (κ2) is 5.32. The Hall–Kier alpha value is -0.450. The Balaban J connectivity index is 2.44. The summed E-state index contributed by atoms with van der Waals surface area (Å²) in [5.41, 5.74) is 2.91. The van der Waals surface area contributed by atoms with Gasteiger partial charge in [-0.1, -0.05) is 0 Å². The van der Waals surface area contributed by atoms with Crippen molar-refractivity contribution in [2.24, 2.45) is 0 Å². The van der Waals surface area contributed by atoms with Crippen molar-refractivity contribution in [3.05, 3.63) is 16.6 Å². The van der Waals surface area contributed by atoms with E-state index in [4.69, 9.17) is 4.74 Å². The van der Waals surface area contributed by atoms with Crippen molar-refractivity contribution >= 4 is 11.3 Å². The second-order valence-electron chi connectivity index (χ2n) is 3.14. The fourth-order valence-electron chi connectivity index (χ4n) is 0.999. The van der Waals surface area contributed by atoms with Crippen LogP contribution in [0.3, 0.4) is 0 Å². The molecule has 4 heteroatoms. The van der Waals surface area contributed by atoms with Crippen LogP contribution in [0.5, 0.6) is 0 Å². The summed E-state index contributed by atoms with van der Waals surface area (Å²) >= 11 is 1.61. The van der Waals surface area contributed by atoms with Gasteiger partial charge in [0.05, 0.1) is 30.0 Å². The number of hydrogen-bond acceptors (Lipinski definition) is 4. The van der Waals surface area contributed by atoms with Crippen molar-refractivity contribution in [1.29, 1.82) is 0 Å². The highest BCUT2D eigenvalue weighted by Gasteiger charge is 2.11. The molecule has 1 atom stereocenters. The smallest absolute Gasteiger partial charge is 0.0795 e. The largest absolute Gasteiger partial charge is 0.377 e. The molecule has 3 nitrogen and oxygen atoms in total. The van der Waals surface area contributed by atoms with Gasteiger partial charge in [-0.2, -0.15) is 0 Å². The van der Waals surface area contributed by atoms with Gasteiger partial charge in [-0.05, 0) is 20.9 Å². The summed E-state index contributed by atoms with van der Waals surface area (Å²) in [5, 5.41) is 5.23. The monoisotopic (exact) mass is 200 g/mol. The van der Waals surface area contributed by atoms with E-state index in [0.717, 1.165) is 5.69 Å². The molecule has 13 heavy (non-hydrogen) atoms. The van der Waals surface area contributed by atoms with E-state index in [9.17, 15) is 0 Å². The van der Waals surface area contributed by atoms with Gasteiger partial charge >= 0.3 is 0 Å². The number of ether oxygens (including phenoxy) is 1. The van der Waals surface area contributed by atoms with E-state index in [-0.39, 0.29) is 12.1 Å². The fraction of sp³-hybridized carbons (Fsp3) is 0.667. The first kappa shape index (κ1) is 10.6. The maximum atomic E-state index is 5.52. The van der Waals surface area contributed by atoms with Crippen molar-refractivity contribution < 1.29 is 4.74 Å². The molecule has 0 aromatic carbocycles. The van der Waals surface area contributed by atoms with Gasteiger partial charge in [-0.15, -0.1) is 11.3 Å². The molecule has 1 rings (SSSR count). The van der Waals surface area contributed by atoms with E-state index >= 15 is 0 Å². The third kappa shape index (κ3) is 3.42. The normalized spacial score (nSPS) is 13.5. The molecule has 0 amide bonds. The summed E-state index contributed by atoms with van der Waals surface area (Å²) in [6.45, 7) is 4.75. The Kier molecular flexibility index (Phi) is 4.35. The molecule has 0 fully saturated rings. The zero-order valence-electron chi connectivity index (χ0n) is 8.28. The quantitative estimate of drug-likeness (QED) is 0.787. The van der Waals surface area contributed by atoms with Gasteiger partial charge in [0.15, 0.2) is 0 Å². The average Bonchev–Trinajstić information content (AvgIpc) is 2.58. The van der Waals surface area contributed by atoms with Crippen LogP contribution in [-0.2, 0) is 4.74 Å². The van der Waals surface area contributed by atoms with Crippen LogP contribution in [0, 0.1) is 0 Å². The number of aromatic nitrogens is 1. The number of thiazole rings is 1. The minimum atomic E-state index is 0.216. The summed E-state index contributed by atoms with van der Waals surface area (Å²) in [6, 6.07) is 0.216. The third-order valence-corrected chi connectivity index (χ3v) is 2.36. The van der Waals surface area contributed by atoms with Crippen LogP contribution in [0.2, 0.25) is 0 Å². The van der Waals surface area contributed by atoms with Crippen LogP contribution in [0.1, 0.15) is 25.6 Å². The summed E-state index contributed by atoms with van der Waals surface area (Å²) in [4.78, 5) is 4.24. The minimum absolute atomic E-state index is 0.216. The van der Waals surface area contributed by atoms with Crippen molar-refractivity contribution in [2.45, 2.75) is 26.0 Å². The molecule has 1 aromatic rings. The summed E-state index contributed by atoms with van der Waals surface area (Å²) in [5.74, 6) is 0. The van der Waals surface area contributed by atoms with Gasteiger partial charge in [0.25, 0.3) is 0 Å². The van der Waals surface area contributed by atoms with E-state index in [1.54, 1.807) is 11.3 Å². The summed E-state index contributed by atoms with van der Waals surface area (Å²) in [7, 11) is 1.92. The summed E-state index contributed by atoms with van der Waals surface area (Å²) < 4.78 is 5.52. The van der Waals surface area contributed by atoms with E-state index in [2.05, 4.69) is 10.3 Å². The average molecular weight is 200 g/mol. The predicted octanol–water partition coefficient (Wildman–Crippen LogP) is 1.83. The van der Waals surface area contributed by atoms with Crippen LogP contribution in [0.25, 0.3) is 0 Å². The van der Waals surface area contributed by atoms with Crippen molar-refractivity contribution in [3.63, 3.8) is 0 Å². The SMILES string of the molecule is CNC(COC(C)C)c1cscn1. The van der Waals surface area contributed by atoms with Gasteiger partial charge in [0, 0.05) is 5.38 Å². The Labute approximate surface area is 83.1 Å². The lowest BCUT2D eigenvalue weighted by Crippen LogP contribution is -2.23. The van der Waals surface area contributed by atoms with Crippen LogP contribution >= 0.6 is 11.3 Å². The molecule has 0 aliphatic rings. The van der Waals surface area contributed by atoms with Crippen LogP contribution in [0.15, 0.2) is 10.9 Å². The molecular formula is C9H16N2OS. The molecule has 0 aliphatic heterocycles. The Bertz CT molecular complexity index is 224. The molecule has 0 saturated carbocycles. The molecular weight excluding hydrogens is 184 g/mol. The third-order valence-electron chi connectivity index (χ3n) is 1.75. The van der Waals surface area contributed by atoms with Gasteiger partial charge in [-0.3, -0.25) is 0 Å². The number of nitrogens with one attached hydrogen (secondary N) is 1. The molecule has 1 aromatic heterocycles. The fourth-order valence-corrected chi connectivity index (χ4v) is 1.61. The highest BCUT2D eigenvalue weighted by Crippen LogP contribution is 2.13. The van der Waals surface area contributed by atoms with Gasteiger partial charge in [0.1, 0.15) is 0 Å². The van der Waals surface area contributed by atoms with E-state index < -0.39 is 0 Å². The van der Waals surface area contributed by atoms with E-state index in [0.29, 0.717) is 6.61 Å². The maximum Gasteiger partial charge on any atom is 0.0795 e. The molecule has 0 bridgehead atoms. The first-order chi connectivity index (χ1) is 6.24. The molecule has 0 radical (unpaired) electrons. The van der Waals surface area contributed by atoms with Crippen molar-refractivity contribution in [2.75, 3.05) is 13.7 Å². The van der Waals surface area contributed by atoms with Crippen molar-refractivity contribution in [3.8, 4) is 0 Å². The summed E-state index contributed by atoms with van der Waals surface area (Å²) in [6.07, 6.45) is 0.273. The lowest BCUT2D eigenvalue weighted by atomic mass is 10.2. The first-order valence-electron chi connectivity index (χ1n) is 4.41. The molecule has 1 unspecified atom stereocenters. The van der Waals surface area contributed by atoms with E-state index in [1.807, 2.05) is 31.8 Å². The Morgan fingerprint density at radius 3 is 2.85 bits per heavy atom. The highest BCUT2D eigenvalue weighted by molar-refractivity contribution is 7.07. The predicted molar refractivity (Wildman–Crippen MR) is 55.0 cm³/mol. The number of hydrogen-bond donors (Lipinski definition) is 1. The Morgan fingerprint density at radius 1 is 1.62 bits per heavy atom. The number of likely N-dealkylation sites (N-methyl/N-ethyl adjacent to an activating group) is 1. The van der Waals surface area contributed by atoms with Crippen LogP contribution in [0.4, 0.5) is 0 Å². The molecule has 0 saturated heterocycles. The van der Waals surface area contributed by atoms with Crippen LogP contribution < -0.4 is 5.32 Å². The lowest BCUT2D eigenvalue weighted by molar-refractivity contribution is 0.0620. The standard InChI is InChI=1S/C9H16N2OS/c1-7(2)12-4-8(10-3)9-5-13-6-11-9/h5-8,10H,4H2,1-3H3. The van der Waals surface area contributed by atoms with Gasteiger partial charge in [0.2, 0.25) is 0 Å². The Morgan fingerprint density at radius 2 is 2.38 bits per heavy atom. The second-order valence-corrected chi connectivity index (χ2v) is 3.86. The first-order valence-corrected chi connectivity index (χ1v) is 5.35. The van der Waals surface area contributed by atoms with E-state index in [1.165, 1.54) is 0 Å². The molecule has 1 N–H and O–H groups in total. The molecule has 74 valence electrons. The molecule has 0 aliphatic carbocycles. The molecule has 0 spiro atoms. The van der Waals surface area contributed by atoms with Gasteiger partial charge in [-0.25, -0.2) is 4.98 Å². The maximum absolute atomic E-state index is 5.52. The minimum Gasteiger partial charge on any atom is -0.377 e. The zero-order valence-corrected chi connectivity index (χ0v) is 9.10. The van der Waals surface area contributed by atoms with Crippen LogP contribution in [-0.4, -0.2) is 24.7 Å². The number of rotatable bonds is 5. The molecule has 1 heterocycles. The lowest BCUT2D eigenvalue weighted by Gasteiger charge is -2.15. The van der Waals surface area contributed by atoms with Crippen molar-refractivity contribution in [1.82, 2.24) is 10.3 Å².